The van der Waals surface area contributed by atoms with Crippen LogP contribution in [0.1, 0.15) is 13.3 Å². The van der Waals surface area contributed by atoms with Gasteiger partial charge in [-0.15, -0.1) is 5.10 Å². The fourth-order valence-corrected chi connectivity index (χ4v) is 1.37. The van der Waals surface area contributed by atoms with E-state index < -0.39 is 5.76 Å². The quantitative estimate of drug-likeness (QED) is 0.798. The number of halogens is 1. The highest BCUT2D eigenvalue weighted by Gasteiger charge is 2.09. The van der Waals surface area contributed by atoms with Gasteiger partial charge in [-0.05, 0) is 30.7 Å². The number of hydrogen-bond donors (Lipinski definition) is 0. The van der Waals surface area contributed by atoms with Gasteiger partial charge in [0.2, 0.25) is 5.89 Å². The minimum Gasteiger partial charge on any atom is -0.388 e. The van der Waals surface area contributed by atoms with Gasteiger partial charge >= 0.3 is 5.76 Å². The summed E-state index contributed by atoms with van der Waals surface area (Å²) < 4.78 is 18.9. The Morgan fingerprint density at radius 3 is 2.69 bits per heavy atom. The van der Waals surface area contributed by atoms with Gasteiger partial charge in [0.1, 0.15) is 5.82 Å². The average Bonchev–Trinajstić information content (AvgIpc) is 2.62. The molecule has 0 saturated carbocycles. The lowest BCUT2D eigenvalue weighted by molar-refractivity contribution is 0.478. The van der Waals surface area contributed by atoms with E-state index in [1.54, 1.807) is 0 Å². The lowest BCUT2D eigenvalue weighted by atomic mass is 10.2. The number of rotatable bonds is 3. The third kappa shape index (κ3) is 2.03. The molecule has 0 aliphatic carbocycles. The molecule has 0 fully saturated rings. The van der Waals surface area contributed by atoms with Gasteiger partial charge in [-0.3, -0.25) is 0 Å². The molecule has 0 aliphatic rings. The van der Waals surface area contributed by atoms with Gasteiger partial charge < -0.3 is 4.42 Å². The molecule has 0 saturated heterocycles. The zero-order valence-electron chi connectivity index (χ0n) is 8.81. The van der Waals surface area contributed by atoms with Crippen LogP contribution in [-0.2, 0) is 6.54 Å². The summed E-state index contributed by atoms with van der Waals surface area (Å²) in [5.41, 5.74) is 0.591. The molecule has 1 heterocycles. The number of nitrogens with zero attached hydrogens (tertiary/aromatic N) is 2. The number of hydrogen-bond acceptors (Lipinski definition) is 3. The van der Waals surface area contributed by atoms with Gasteiger partial charge in [0.25, 0.3) is 0 Å². The normalized spacial score (nSPS) is 10.6. The van der Waals surface area contributed by atoms with Crippen molar-refractivity contribution in [3.8, 4) is 11.5 Å². The molecular weight excluding hydrogens is 211 g/mol. The smallest absolute Gasteiger partial charge is 0.388 e. The van der Waals surface area contributed by atoms with E-state index in [1.807, 2.05) is 6.92 Å². The van der Waals surface area contributed by atoms with E-state index in [2.05, 4.69) is 5.10 Å². The molecule has 0 amide bonds. The Kier molecular flexibility index (Phi) is 2.85. The molecule has 16 heavy (non-hydrogen) atoms. The Morgan fingerprint density at radius 2 is 2.06 bits per heavy atom. The molecule has 0 bridgehead atoms. The zero-order valence-corrected chi connectivity index (χ0v) is 8.81. The first kappa shape index (κ1) is 10.6. The first-order valence-corrected chi connectivity index (χ1v) is 5.04. The van der Waals surface area contributed by atoms with E-state index in [4.69, 9.17) is 4.42 Å². The first-order chi connectivity index (χ1) is 7.70. The van der Waals surface area contributed by atoms with Crippen LogP contribution >= 0.6 is 0 Å². The van der Waals surface area contributed by atoms with Crippen LogP contribution in [0.5, 0.6) is 0 Å². The lowest BCUT2D eigenvalue weighted by Crippen LogP contribution is -2.15. The monoisotopic (exact) mass is 222 g/mol. The molecular formula is C11H11FN2O2. The Morgan fingerprint density at radius 1 is 1.38 bits per heavy atom. The van der Waals surface area contributed by atoms with Crippen LogP contribution in [0.3, 0.4) is 0 Å². The van der Waals surface area contributed by atoms with E-state index in [-0.39, 0.29) is 11.7 Å². The molecule has 4 nitrogen and oxygen atoms in total. The molecule has 0 atom stereocenters. The maximum atomic E-state index is 12.7. The van der Waals surface area contributed by atoms with Crippen LogP contribution in [0, 0.1) is 5.82 Å². The van der Waals surface area contributed by atoms with Gasteiger partial charge in [0.15, 0.2) is 0 Å². The van der Waals surface area contributed by atoms with E-state index in [9.17, 15) is 9.18 Å². The largest absolute Gasteiger partial charge is 0.437 e. The van der Waals surface area contributed by atoms with E-state index in [0.717, 1.165) is 6.42 Å². The Balaban J connectivity index is 2.37. The van der Waals surface area contributed by atoms with Crippen LogP contribution in [-0.4, -0.2) is 9.78 Å². The van der Waals surface area contributed by atoms with E-state index in [0.29, 0.717) is 12.1 Å². The Bertz CT molecular complexity index is 528. The maximum absolute atomic E-state index is 12.7. The number of benzene rings is 1. The van der Waals surface area contributed by atoms with Crippen molar-refractivity contribution >= 4 is 0 Å². The van der Waals surface area contributed by atoms with Crippen LogP contribution in [0.15, 0.2) is 33.5 Å². The Labute approximate surface area is 91.3 Å². The lowest BCUT2D eigenvalue weighted by Gasteiger charge is -1.93. The van der Waals surface area contributed by atoms with Crippen molar-refractivity contribution in [2.75, 3.05) is 0 Å². The molecule has 2 rings (SSSR count). The topological polar surface area (TPSA) is 48.0 Å². The molecule has 0 aliphatic heterocycles. The van der Waals surface area contributed by atoms with Crippen LogP contribution < -0.4 is 5.76 Å². The van der Waals surface area contributed by atoms with Gasteiger partial charge in [0.05, 0.1) is 0 Å². The molecule has 5 heteroatoms. The molecule has 0 radical (unpaired) electrons. The second kappa shape index (κ2) is 4.30. The molecule has 84 valence electrons. The summed E-state index contributed by atoms with van der Waals surface area (Å²) >= 11 is 0. The average molecular weight is 222 g/mol. The summed E-state index contributed by atoms with van der Waals surface area (Å²) in [5, 5.41) is 4.01. The maximum Gasteiger partial charge on any atom is 0.437 e. The molecule has 1 aromatic heterocycles. The highest BCUT2D eigenvalue weighted by Crippen LogP contribution is 2.15. The predicted octanol–water partition coefficient (Wildman–Crippen LogP) is 2.05. The fraction of sp³-hybridized carbons (Fsp3) is 0.273. The summed E-state index contributed by atoms with van der Waals surface area (Å²) in [5.74, 6) is -0.598. The molecule has 0 spiro atoms. The van der Waals surface area contributed by atoms with Crippen molar-refractivity contribution in [3.05, 3.63) is 40.6 Å². The van der Waals surface area contributed by atoms with Crippen LogP contribution in [0.4, 0.5) is 4.39 Å². The third-order valence-corrected chi connectivity index (χ3v) is 2.13. The molecule has 2 aromatic rings. The van der Waals surface area contributed by atoms with Crippen LogP contribution in [0.2, 0.25) is 0 Å². The minimum absolute atomic E-state index is 0.221. The standard InChI is InChI=1S/C11H11FN2O2/c1-2-7-14-11(15)16-10(13-14)8-3-5-9(12)6-4-8/h3-6H,2,7H2,1H3. The summed E-state index contributed by atoms with van der Waals surface area (Å²) in [7, 11) is 0. The molecule has 0 N–H and O–H groups in total. The van der Waals surface area contributed by atoms with Crippen molar-refractivity contribution < 1.29 is 8.81 Å². The highest BCUT2D eigenvalue weighted by molar-refractivity contribution is 5.51. The van der Waals surface area contributed by atoms with E-state index >= 15 is 0 Å². The molecule has 1 aromatic carbocycles. The van der Waals surface area contributed by atoms with Crippen molar-refractivity contribution in [1.29, 1.82) is 0 Å². The number of aromatic nitrogens is 2. The molecule has 0 unspecified atom stereocenters. The van der Waals surface area contributed by atoms with Gasteiger partial charge in [-0.2, -0.15) is 4.68 Å². The van der Waals surface area contributed by atoms with Gasteiger partial charge in [0, 0.05) is 12.1 Å². The fourth-order valence-electron chi connectivity index (χ4n) is 1.37. The first-order valence-electron chi connectivity index (χ1n) is 5.04. The summed E-state index contributed by atoms with van der Waals surface area (Å²) in [6.45, 7) is 2.46. The number of aryl methyl sites for hydroxylation is 1. The van der Waals surface area contributed by atoms with Crippen LogP contribution in [0.25, 0.3) is 11.5 Å². The summed E-state index contributed by atoms with van der Waals surface area (Å²) in [4.78, 5) is 11.3. The second-order valence-electron chi connectivity index (χ2n) is 3.40. The summed E-state index contributed by atoms with van der Waals surface area (Å²) in [6.07, 6.45) is 0.801. The zero-order chi connectivity index (χ0) is 11.5. The van der Waals surface area contributed by atoms with Crippen molar-refractivity contribution in [3.63, 3.8) is 0 Å². The SMILES string of the molecule is CCCn1nc(-c2ccc(F)cc2)oc1=O. The van der Waals surface area contributed by atoms with Gasteiger partial charge in [-0.25, -0.2) is 9.18 Å². The Hall–Kier alpha value is -1.91. The van der Waals surface area contributed by atoms with Crippen molar-refractivity contribution in [1.82, 2.24) is 9.78 Å². The van der Waals surface area contributed by atoms with Crippen molar-refractivity contribution in [2.45, 2.75) is 19.9 Å². The summed E-state index contributed by atoms with van der Waals surface area (Å²) in [6, 6.07) is 5.65. The van der Waals surface area contributed by atoms with Crippen molar-refractivity contribution in [2.24, 2.45) is 0 Å². The highest BCUT2D eigenvalue weighted by atomic mass is 19.1. The second-order valence-corrected chi connectivity index (χ2v) is 3.40. The van der Waals surface area contributed by atoms with E-state index in [1.165, 1.54) is 28.9 Å². The predicted molar refractivity (Wildman–Crippen MR) is 56.4 cm³/mol. The minimum atomic E-state index is -0.485. The third-order valence-electron chi connectivity index (χ3n) is 2.13. The van der Waals surface area contributed by atoms with Gasteiger partial charge in [-0.1, -0.05) is 6.92 Å².